The second-order valence-corrected chi connectivity index (χ2v) is 19.8. The Morgan fingerprint density at radius 1 is 0.810 bits per heavy atom. The molecule has 3 saturated heterocycles. The van der Waals surface area contributed by atoms with E-state index in [2.05, 4.69) is 26.5 Å². The highest BCUT2D eigenvalue weighted by molar-refractivity contribution is 6.05. The molecule has 3 aliphatic heterocycles. The summed E-state index contributed by atoms with van der Waals surface area (Å²) in [5.74, 6) is -6.18. The minimum Gasteiger partial charge on any atom is -0.462 e. The number of aliphatic hydroxyl groups excluding tert-OH is 1. The van der Waals surface area contributed by atoms with Crippen LogP contribution in [0.15, 0.2) is 48.1 Å². The number of carbonyl (C=O) groups excluding carboxylic acids is 3. The monoisotopic (exact) mass is 881 g/mol. The number of carbonyl (C=O) groups is 3. The molecule has 354 valence electrons. The van der Waals surface area contributed by atoms with Gasteiger partial charge in [-0.05, 0) is 44.3 Å². The summed E-state index contributed by atoms with van der Waals surface area (Å²) in [7, 11) is 0. The molecule has 1 unspecified atom stereocenters. The van der Waals surface area contributed by atoms with Crippen LogP contribution in [0.3, 0.4) is 0 Å². The zero-order valence-electron chi connectivity index (χ0n) is 39.5. The lowest BCUT2D eigenvalue weighted by atomic mass is 9.53. The first kappa shape index (κ1) is 49.8. The van der Waals surface area contributed by atoms with E-state index in [0.29, 0.717) is 12.0 Å². The molecule has 3 heterocycles. The minimum atomic E-state index is -2.44. The van der Waals surface area contributed by atoms with E-state index in [4.69, 9.17) is 28.4 Å². The first-order valence-electron chi connectivity index (χ1n) is 24.9. The van der Waals surface area contributed by atoms with Crippen LogP contribution in [0.25, 0.3) is 0 Å². The number of allylic oxidation sites excluding steroid dienone is 3. The summed E-state index contributed by atoms with van der Waals surface area (Å²) in [6, 6.07) is 0. The molecule has 3 bridgehead atoms. The largest absolute Gasteiger partial charge is 0.462 e. The standard InChI is InChI=1S/C52H80O11/c1-8-10-12-14-16-18-20-21-22-24-26-28-30-32-41(54)58-35-48-45(60-48)42-46-51(36(3)4)44(59-39(7)53)38(6)52(42,40-34-37(5)43(55)50(40,57)47(48)56)63-49(61-46,62-51)33-31-29-27-25-23-19-17-15-13-11-9-2/h27,29,31,33-34,38,40,42,44-47,56-57H,3,8-26,28,30,32,35H2,1-2,4-7H3/b29-27+,33-31+/t38-,40-,42+,44-,45+,46-,47-,48+,49?,50-,51+,52+/m1/s1. The molecule has 63 heavy (non-hydrogen) atoms. The molecule has 0 radical (unpaired) electrons. The lowest BCUT2D eigenvalue weighted by molar-refractivity contribution is -0.407. The molecule has 0 aromatic heterocycles. The summed E-state index contributed by atoms with van der Waals surface area (Å²) >= 11 is 0. The third-order valence-electron chi connectivity index (χ3n) is 15.3. The first-order chi connectivity index (χ1) is 30.2. The van der Waals surface area contributed by atoms with Crippen molar-refractivity contribution < 1.29 is 53.0 Å². The van der Waals surface area contributed by atoms with Crippen LogP contribution in [0.5, 0.6) is 0 Å². The highest BCUT2D eigenvalue weighted by Gasteiger charge is 2.90. The van der Waals surface area contributed by atoms with Crippen LogP contribution >= 0.6 is 0 Å². The van der Waals surface area contributed by atoms with Crippen molar-refractivity contribution in [3.8, 4) is 0 Å². The molecule has 0 aromatic rings. The van der Waals surface area contributed by atoms with E-state index < -0.39 is 88.3 Å². The second-order valence-electron chi connectivity index (χ2n) is 19.8. The topological polar surface area (TPSA) is 150 Å². The van der Waals surface area contributed by atoms with Crippen LogP contribution < -0.4 is 0 Å². The maximum Gasteiger partial charge on any atom is 0.307 e. The number of ketones is 1. The van der Waals surface area contributed by atoms with E-state index in [1.807, 2.05) is 19.1 Å². The molecular weight excluding hydrogens is 801 g/mol. The van der Waals surface area contributed by atoms with Crippen molar-refractivity contribution in [1.82, 2.24) is 0 Å². The van der Waals surface area contributed by atoms with Crippen molar-refractivity contribution in [2.45, 2.75) is 236 Å². The van der Waals surface area contributed by atoms with Gasteiger partial charge >= 0.3 is 17.9 Å². The Labute approximate surface area is 377 Å². The Bertz CT molecular complexity index is 1700. The molecule has 12 atom stereocenters. The lowest BCUT2D eigenvalue weighted by Gasteiger charge is -2.61. The smallest absolute Gasteiger partial charge is 0.307 e. The van der Waals surface area contributed by atoms with Crippen LogP contribution in [0.4, 0.5) is 0 Å². The van der Waals surface area contributed by atoms with Gasteiger partial charge in [0.05, 0.1) is 5.60 Å². The predicted molar refractivity (Wildman–Crippen MR) is 241 cm³/mol. The maximum absolute atomic E-state index is 14.3. The number of hydrogen-bond donors (Lipinski definition) is 2. The van der Waals surface area contributed by atoms with Crippen molar-refractivity contribution in [3.63, 3.8) is 0 Å². The number of aliphatic hydroxyl groups is 2. The van der Waals surface area contributed by atoms with Crippen LogP contribution in [0.1, 0.15) is 183 Å². The number of ether oxygens (including phenoxy) is 6. The number of esters is 2. The highest BCUT2D eigenvalue weighted by Crippen LogP contribution is 2.73. The molecule has 11 heteroatoms. The molecule has 5 fully saturated rings. The molecule has 3 aliphatic carbocycles. The average molecular weight is 881 g/mol. The van der Waals surface area contributed by atoms with Gasteiger partial charge in [-0.1, -0.05) is 167 Å². The van der Waals surface area contributed by atoms with E-state index >= 15 is 0 Å². The van der Waals surface area contributed by atoms with Gasteiger partial charge in [0.15, 0.2) is 22.6 Å². The summed E-state index contributed by atoms with van der Waals surface area (Å²) in [6.45, 7) is 15.0. The Hall–Kier alpha value is -2.67. The number of rotatable bonds is 28. The molecule has 2 saturated carbocycles. The van der Waals surface area contributed by atoms with Crippen molar-refractivity contribution in [2.24, 2.45) is 17.8 Å². The van der Waals surface area contributed by atoms with Crippen molar-refractivity contribution in [2.75, 3.05) is 6.61 Å². The first-order valence-corrected chi connectivity index (χ1v) is 24.9. The van der Waals surface area contributed by atoms with Gasteiger partial charge in [0.25, 0.3) is 0 Å². The maximum atomic E-state index is 14.3. The van der Waals surface area contributed by atoms with E-state index in [1.54, 1.807) is 26.0 Å². The quantitative estimate of drug-likeness (QED) is 0.0254. The summed E-state index contributed by atoms with van der Waals surface area (Å²) in [4.78, 5) is 40.5. The van der Waals surface area contributed by atoms with Crippen LogP contribution in [-0.2, 0) is 42.8 Å². The number of fused-ring (bicyclic) bond motifs is 3. The molecule has 2 N–H and O–H groups in total. The van der Waals surface area contributed by atoms with Gasteiger partial charge in [-0.15, -0.1) is 0 Å². The van der Waals surface area contributed by atoms with Crippen LogP contribution in [0.2, 0.25) is 0 Å². The molecule has 0 spiro atoms. The second kappa shape index (κ2) is 21.3. The Morgan fingerprint density at radius 3 is 1.95 bits per heavy atom. The number of hydrogen-bond acceptors (Lipinski definition) is 11. The zero-order chi connectivity index (χ0) is 45.5. The fraction of sp³-hybridized carbons (Fsp3) is 0.788. The fourth-order valence-electron chi connectivity index (χ4n) is 11.9. The van der Waals surface area contributed by atoms with Gasteiger partial charge in [-0.2, -0.15) is 0 Å². The van der Waals surface area contributed by atoms with Crippen molar-refractivity contribution >= 4 is 17.7 Å². The van der Waals surface area contributed by atoms with Crippen molar-refractivity contribution in [1.29, 1.82) is 0 Å². The van der Waals surface area contributed by atoms with E-state index in [0.717, 1.165) is 32.1 Å². The molecule has 6 rings (SSSR count). The lowest BCUT2D eigenvalue weighted by Crippen LogP contribution is -2.76. The van der Waals surface area contributed by atoms with E-state index in [-0.39, 0.29) is 18.6 Å². The number of unbranched alkanes of at least 4 members (excludes halogenated alkanes) is 19. The van der Waals surface area contributed by atoms with Crippen LogP contribution in [0, 0.1) is 17.8 Å². The third-order valence-corrected chi connectivity index (χ3v) is 15.3. The number of epoxide rings is 1. The average Bonchev–Trinajstić information content (AvgIpc) is 3.86. The van der Waals surface area contributed by atoms with Gasteiger partial charge in [-0.3, -0.25) is 14.4 Å². The molecule has 6 aliphatic rings. The zero-order valence-corrected chi connectivity index (χ0v) is 39.5. The fourth-order valence-corrected chi connectivity index (χ4v) is 11.9. The number of Topliss-reactive ketones (excluding diaryl/α,β-unsaturated/α-hetero) is 1. The van der Waals surface area contributed by atoms with Crippen molar-refractivity contribution in [3.05, 3.63) is 48.1 Å². The summed E-state index contributed by atoms with van der Waals surface area (Å²) < 4.78 is 39.5. The highest BCUT2D eigenvalue weighted by atomic mass is 16.9. The summed E-state index contributed by atoms with van der Waals surface area (Å²) in [5.41, 5.74) is -6.31. The van der Waals surface area contributed by atoms with E-state index in [1.165, 1.54) is 103 Å². The Morgan fingerprint density at radius 2 is 1.38 bits per heavy atom. The normalized spacial score (nSPS) is 37.2. The minimum absolute atomic E-state index is 0.208. The molecular formula is C52H80O11. The Balaban J connectivity index is 1.18. The van der Waals surface area contributed by atoms with Gasteiger partial charge in [0.1, 0.15) is 31.0 Å². The molecule has 0 amide bonds. The van der Waals surface area contributed by atoms with E-state index in [9.17, 15) is 24.6 Å². The summed E-state index contributed by atoms with van der Waals surface area (Å²) in [5, 5.41) is 25.2. The SMILES string of the molecule is C=C(C)[C@@]12OC3(/C=C/C=C/CCCCCCCCC)O[C@@H]1[C@@H]1[C@@H]4O[C@]4(COC(=O)CCCCCCCCCCCCCCC)[C@@H](O)[C@]4(O)C(=O)C(C)=C[C@H]4[C@@]1(O3)[C@H](C)[C@H]2OC(C)=O. The van der Waals surface area contributed by atoms with Gasteiger partial charge < -0.3 is 38.6 Å². The van der Waals surface area contributed by atoms with Crippen LogP contribution in [-0.4, -0.2) is 87.3 Å². The third kappa shape index (κ3) is 9.63. The van der Waals surface area contributed by atoms with Gasteiger partial charge in [0, 0.05) is 37.2 Å². The predicted octanol–water partition coefficient (Wildman–Crippen LogP) is 10.0. The molecule has 11 nitrogen and oxygen atoms in total. The molecule has 0 aromatic carbocycles. The summed E-state index contributed by atoms with van der Waals surface area (Å²) in [6.07, 6.45) is 29.7. The van der Waals surface area contributed by atoms with Gasteiger partial charge in [0.2, 0.25) is 0 Å². The Kier molecular flexibility index (Phi) is 16.8. The van der Waals surface area contributed by atoms with Gasteiger partial charge in [-0.25, -0.2) is 0 Å².